The molecule has 29 heavy (non-hydrogen) atoms. The van der Waals surface area contributed by atoms with Gasteiger partial charge in [-0.1, -0.05) is 41.9 Å². The number of hydrogen-bond acceptors (Lipinski definition) is 4. The molecule has 4 aromatic rings. The molecule has 0 unspecified atom stereocenters. The van der Waals surface area contributed by atoms with Crippen molar-refractivity contribution in [3.05, 3.63) is 88.7 Å². The Morgan fingerprint density at radius 1 is 1.17 bits per heavy atom. The quantitative estimate of drug-likeness (QED) is 0.441. The van der Waals surface area contributed by atoms with Crippen LogP contribution >= 0.6 is 11.6 Å². The van der Waals surface area contributed by atoms with Gasteiger partial charge in [-0.2, -0.15) is 0 Å². The van der Waals surface area contributed by atoms with Gasteiger partial charge in [0.1, 0.15) is 5.69 Å². The number of aromatic amines is 1. The summed E-state index contributed by atoms with van der Waals surface area (Å²) < 4.78 is 5.34. The zero-order valence-corrected chi connectivity index (χ0v) is 15.8. The van der Waals surface area contributed by atoms with Crippen LogP contribution < -0.4 is 5.32 Å². The summed E-state index contributed by atoms with van der Waals surface area (Å²) in [6.45, 7) is 0. The summed E-state index contributed by atoms with van der Waals surface area (Å²) >= 11 is 6.01. The molecule has 7 nitrogen and oxygen atoms in total. The Hall–Kier alpha value is -3.58. The number of halogens is 1. The smallest absolute Gasteiger partial charge is 0.358 e. The van der Waals surface area contributed by atoms with Crippen molar-refractivity contribution in [3.8, 4) is 0 Å². The van der Waals surface area contributed by atoms with E-state index in [1.807, 2.05) is 30.3 Å². The van der Waals surface area contributed by atoms with Gasteiger partial charge >= 0.3 is 5.97 Å². The van der Waals surface area contributed by atoms with E-state index in [2.05, 4.69) is 15.3 Å². The maximum atomic E-state index is 12.9. The minimum atomic E-state index is -1.22. The fraction of sp³-hybridized carbons (Fsp3) is 0.0952. The van der Waals surface area contributed by atoms with E-state index in [-0.39, 0.29) is 11.5 Å². The van der Waals surface area contributed by atoms with Gasteiger partial charge in [0, 0.05) is 22.3 Å². The van der Waals surface area contributed by atoms with Gasteiger partial charge in [0.25, 0.3) is 5.91 Å². The number of amides is 1. The second kappa shape index (κ2) is 7.81. The number of carboxylic acids is 1. The predicted octanol–water partition coefficient (Wildman–Crippen LogP) is 4.22. The number of carboxylic acid groups (broad SMARTS) is 1. The highest BCUT2D eigenvalue weighted by Crippen LogP contribution is 2.24. The van der Waals surface area contributed by atoms with Crippen LogP contribution in [0.2, 0.25) is 5.02 Å². The summed E-state index contributed by atoms with van der Waals surface area (Å²) in [5.74, 6) is -1.53. The summed E-state index contributed by atoms with van der Waals surface area (Å²) in [4.78, 5) is 31.2. The number of benzene rings is 2. The largest absolute Gasteiger partial charge is 0.476 e. The molecule has 2 heterocycles. The first-order chi connectivity index (χ1) is 14.0. The van der Waals surface area contributed by atoms with Crippen LogP contribution in [0.4, 0.5) is 0 Å². The maximum Gasteiger partial charge on any atom is 0.358 e. The number of nitrogens with zero attached hydrogens (tertiary/aromatic N) is 1. The van der Waals surface area contributed by atoms with E-state index in [0.717, 1.165) is 22.9 Å². The van der Waals surface area contributed by atoms with E-state index in [9.17, 15) is 14.7 Å². The molecule has 0 aliphatic heterocycles. The number of nitrogens with one attached hydrogen (secondary N) is 2. The molecule has 2 aromatic heterocycles. The van der Waals surface area contributed by atoms with Crippen molar-refractivity contribution in [2.24, 2.45) is 0 Å². The minimum absolute atomic E-state index is 0.0915. The van der Waals surface area contributed by atoms with Gasteiger partial charge in [0.05, 0.1) is 6.04 Å². The molecule has 3 N–H and O–H groups in total. The molecule has 8 heteroatoms. The van der Waals surface area contributed by atoms with Gasteiger partial charge in [-0.05, 0) is 29.8 Å². The zero-order valence-electron chi connectivity index (χ0n) is 15.1. The highest BCUT2D eigenvalue weighted by atomic mass is 35.5. The molecule has 4 rings (SSSR count). The van der Waals surface area contributed by atoms with E-state index in [1.165, 1.54) is 0 Å². The zero-order chi connectivity index (χ0) is 20.4. The molecular weight excluding hydrogens is 394 g/mol. The Morgan fingerprint density at radius 3 is 2.72 bits per heavy atom. The van der Waals surface area contributed by atoms with Crippen LogP contribution in [0.5, 0.6) is 0 Å². The first-order valence-corrected chi connectivity index (χ1v) is 9.19. The summed E-state index contributed by atoms with van der Waals surface area (Å²) in [5, 5.41) is 13.6. The molecule has 0 aliphatic rings. The molecule has 0 fully saturated rings. The van der Waals surface area contributed by atoms with Gasteiger partial charge in [0.15, 0.2) is 17.8 Å². The number of rotatable bonds is 6. The molecule has 0 radical (unpaired) electrons. The highest BCUT2D eigenvalue weighted by molar-refractivity contribution is 6.31. The van der Waals surface area contributed by atoms with Gasteiger partial charge in [-0.3, -0.25) is 4.79 Å². The Balaban J connectivity index is 1.65. The van der Waals surface area contributed by atoms with Gasteiger partial charge in [0.2, 0.25) is 0 Å². The topological polar surface area (TPSA) is 108 Å². The van der Waals surface area contributed by atoms with Crippen molar-refractivity contribution in [2.75, 3.05) is 0 Å². The number of hydrogen-bond donors (Lipinski definition) is 3. The maximum absolute atomic E-state index is 12.9. The van der Waals surface area contributed by atoms with Crippen molar-refractivity contribution >= 4 is 34.4 Å². The second-order valence-corrected chi connectivity index (χ2v) is 6.94. The Bertz CT molecular complexity index is 1180. The third-order valence-electron chi connectivity index (χ3n) is 4.53. The standard InChI is InChI=1S/C21H16ClN3O4/c22-14-6-7-15-13(9-14)10-17(24-15)20(26)25-16(8-12-4-2-1-3-5-12)19-18(21(27)28)23-11-29-19/h1-7,9-11,16,24H,8H2,(H,25,26)(H,27,28)/t16-/m0/s1. The van der Waals surface area contributed by atoms with Crippen LogP contribution in [0, 0.1) is 0 Å². The van der Waals surface area contributed by atoms with Gasteiger partial charge in [-0.25, -0.2) is 9.78 Å². The van der Waals surface area contributed by atoms with E-state index >= 15 is 0 Å². The lowest BCUT2D eigenvalue weighted by Crippen LogP contribution is -2.31. The Labute approximate surface area is 170 Å². The van der Waals surface area contributed by atoms with Crippen LogP contribution in [0.1, 0.15) is 38.3 Å². The van der Waals surface area contributed by atoms with Crippen LogP contribution in [0.15, 0.2) is 65.4 Å². The van der Waals surface area contributed by atoms with Crippen molar-refractivity contribution in [3.63, 3.8) is 0 Å². The fourth-order valence-corrected chi connectivity index (χ4v) is 3.36. The monoisotopic (exact) mass is 409 g/mol. The Morgan fingerprint density at radius 2 is 1.97 bits per heavy atom. The van der Waals surface area contributed by atoms with Crippen LogP contribution in [0.25, 0.3) is 10.9 Å². The average Bonchev–Trinajstić information content (AvgIpc) is 3.35. The van der Waals surface area contributed by atoms with Crippen molar-refractivity contribution < 1.29 is 19.1 Å². The second-order valence-electron chi connectivity index (χ2n) is 6.50. The molecule has 0 aliphatic carbocycles. The lowest BCUT2D eigenvalue weighted by Gasteiger charge is -2.17. The summed E-state index contributed by atoms with van der Waals surface area (Å²) in [6.07, 6.45) is 1.40. The van der Waals surface area contributed by atoms with Crippen LogP contribution in [0.3, 0.4) is 0 Å². The number of carbonyl (C=O) groups is 2. The van der Waals surface area contributed by atoms with Gasteiger partial charge < -0.3 is 19.8 Å². The molecule has 146 valence electrons. The Kier molecular flexibility index (Phi) is 5.05. The molecule has 1 atom stereocenters. The SMILES string of the molecule is O=C(N[C@@H](Cc1ccccc1)c1ocnc1C(=O)O)c1cc2cc(Cl)ccc2[nH]1. The predicted molar refractivity (Wildman–Crippen MR) is 107 cm³/mol. The number of aromatic carboxylic acids is 1. The minimum Gasteiger partial charge on any atom is -0.476 e. The molecule has 2 aromatic carbocycles. The number of aromatic nitrogens is 2. The number of carbonyl (C=O) groups excluding carboxylic acids is 1. The highest BCUT2D eigenvalue weighted by Gasteiger charge is 2.27. The first-order valence-electron chi connectivity index (χ1n) is 8.81. The molecular formula is C21H16ClN3O4. The molecule has 0 saturated heterocycles. The lowest BCUT2D eigenvalue weighted by atomic mass is 10.0. The average molecular weight is 410 g/mol. The van der Waals surface area contributed by atoms with Crippen molar-refractivity contribution in [2.45, 2.75) is 12.5 Å². The van der Waals surface area contributed by atoms with E-state index in [0.29, 0.717) is 17.1 Å². The number of H-pyrrole nitrogens is 1. The summed E-state index contributed by atoms with van der Waals surface area (Å²) in [7, 11) is 0. The number of fused-ring (bicyclic) bond motifs is 1. The fourth-order valence-electron chi connectivity index (χ4n) is 3.18. The summed E-state index contributed by atoms with van der Waals surface area (Å²) in [5.41, 5.74) is 1.78. The first kappa shape index (κ1) is 18.8. The van der Waals surface area contributed by atoms with E-state index in [4.69, 9.17) is 16.0 Å². The molecule has 0 spiro atoms. The van der Waals surface area contributed by atoms with Crippen LogP contribution in [-0.4, -0.2) is 27.0 Å². The van der Waals surface area contributed by atoms with Crippen molar-refractivity contribution in [1.29, 1.82) is 0 Å². The molecule has 1 amide bonds. The van der Waals surface area contributed by atoms with Gasteiger partial charge in [-0.15, -0.1) is 0 Å². The van der Waals surface area contributed by atoms with E-state index < -0.39 is 17.9 Å². The number of oxazole rings is 1. The summed E-state index contributed by atoms with van der Waals surface area (Å²) in [6, 6.07) is 15.6. The third-order valence-corrected chi connectivity index (χ3v) is 4.76. The van der Waals surface area contributed by atoms with E-state index in [1.54, 1.807) is 24.3 Å². The third kappa shape index (κ3) is 4.00. The lowest BCUT2D eigenvalue weighted by molar-refractivity contribution is 0.0685. The van der Waals surface area contributed by atoms with Crippen molar-refractivity contribution in [1.82, 2.24) is 15.3 Å². The molecule has 0 saturated carbocycles. The molecule has 0 bridgehead atoms. The van der Waals surface area contributed by atoms with Crippen LogP contribution in [-0.2, 0) is 6.42 Å². The normalized spacial score (nSPS) is 12.0.